The number of carbonyl (C=O) groups excluding carboxylic acids is 1. The van der Waals surface area contributed by atoms with Crippen molar-refractivity contribution in [3.8, 4) is 16.9 Å². The van der Waals surface area contributed by atoms with Gasteiger partial charge in [-0.1, -0.05) is 31.9 Å². The van der Waals surface area contributed by atoms with Gasteiger partial charge in [0.15, 0.2) is 0 Å². The standard InChI is InChI=1S/C32H40FNO4/c1-2-25-26(8-6-9-28(25)33)27-18-22(31(36)37)12-14-30(27)38-24-13-11-21(17-24)7-5-10-29(35)23-19-32(34-20-23)15-3-4-16-32/h6,8-9,12,14,18,21,23-24,34H,2-5,7,10-11,13,15-17,19-20H2,1H3,(H,36,37)/t21-,23-,24-/m1/s1. The van der Waals surface area contributed by atoms with Gasteiger partial charge in [-0.05, 0) is 99.1 Å². The summed E-state index contributed by atoms with van der Waals surface area (Å²) >= 11 is 0. The molecule has 5 rings (SSSR count). The number of benzene rings is 2. The van der Waals surface area contributed by atoms with Crippen molar-refractivity contribution in [1.82, 2.24) is 5.32 Å². The minimum absolute atomic E-state index is 0.0324. The highest BCUT2D eigenvalue weighted by Gasteiger charge is 2.42. The summed E-state index contributed by atoms with van der Waals surface area (Å²) in [6.07, 6.45) is 12.1. The number of nitrogens with one attached hydrogen (secondary N) is 1. The van der Waals surface area contributed by atoms with E-state index in [2.05, 4.69) is 5.32 Å². The molecule has 2 aromatic carbocycles. The molecule has 0 aromatic heterocycles. The number of rotatable bonds is 10. The van der Waals surface area contributed by atoms with Gasteiger partial charge < -0.3 is 15.2 Å². The number of hydrogen-bond acceptors (Lipinski definition) is 4. The lowest BCUT2D eigenvalue weighted by molar-refractivity contribution is -0.122. The van der Waals surface area contributed by atoms with Crippen LogP contribution in [-0.4, -0.2) is 35.0 Å². The summed E-state index contributed by atoms with van der Waals surface area (Å²) in [5, 5.41) is 13.2. The first-order valence-electron chi connectivity index (χ1n) is 14.5. The van der Waals surface area contributed by atoms with Crippen LogP contribution in [0.25, 0.3) is 11.1 Å². The van der Waals surface area contributed by atoms with Crippen molar-refractivity contribution < 1.29 is 23.8 Å². The van der Waals surface area contributed by atoms with E-state index in [-0.39, 0.29) is 28.9 Å². The van der Waals surface area contributed by atoms with E-state index in [1.165, 1.54) is 31.7 Å². The maximum absolute atomic E-state index is 14.5. The minimum Gasteiger partial charge on any atom is -0.490 e. The zero-order chi connectivity index (χ0) is 26.7. The SMILES string of the molecule is CCc1c(F)cccc1-c1cc(C(=O)O)ccc1O[C@@H]1CC[C@@H](CCCC(=O)[C@H]2CNC3(CCCC3)C2)C1. The Labute approximate surface area is 225 Å². The molecule has 3 aliphatic rings. The molecule has 0 amide bonds. The number of carboxylic acid groups (broad SMARTS) is 1. The van der Waals surface area contributed by atoms with Gasteiger partial charge in [0, 0.05) is 30.0 Å². The van der Waals surface area contributed by atoms with Gasteiger partial charge in [0.05, 0.1) is 11.7 Å². The van der Waals surface area contributed by atoms with E-state index in [9.17, 15) is 19.1 Å². The lowest BCUT2D eigenvalue weighted by Crippen LogP contribution is -2.35. The Morgan fingerprint density at radius 1 is 1.13 bits per heavy atom. The molecule has 6 heteroatoms. The third-order valence-electron chi connectivity index (χ3n) is 9.19. The van der Waals surface area contributed by atoms with E-state index in [0.29, 0.717) is 47.0 Å². The number of ketones is 1. The normalized spacial score (nSPS) is 24.2. The van der Waals surface area contributed by atoms with Gasteiger partial charge >= 0.3 is 5.97 Å². The number of ether oxygens (including phenoxy) is 1. The van der Waals surface area contributed by atoms with Crippen molar-refractivity contribution >= 4 is 11.8 Å². The second kappa shape index (κ2) is 11.6. The van der Waals surface area contributed by atoms with Gasteiger partial charge in [0.25, 0.3) is 0 Å². The van der Waals surface area contributed by atoms with Crippen LogP contribution in [-0.2, 0) is 11.2 Å². The van der Waals surface area contributed by atoms with Crippen molar-refractivity contribution in [2.75, 3.05) is 6.54 Å². The average molecular weight is 522 g/mol. The first kappa shape index (κ1) is 26.9. The summed E-state index contributed by atoms with van der Waals surface area (Å²) in [6.45, 7) is 2.75. The fourth-order valence-electron chi connectivity index (χ4n) is 7.11. The van der Waals surface area contributed by atoms with Gasteiger partial charge in [-0.3, -0.25) is 4.79 Å². The molecule has 0 bridgehead atoms. The maximum Gasteiger partial charge on any atom is 0.335 e. The van der Waals surface area contributed by atoms with Gasteiger partial charge in [0.1, 0.15) is 17.3 Å². The number of hydrogen-bond donors (Lipinski definition) is 2. The molecule has 2 saturated carbocycles. The number of Topliss-reactive ketones (excluding diaryl/α,β-unsaturated/α-hetero) is 1. The van der Waals surface area contributed by atoms with E-state index in [1.807, 2.05) is 13.0 Å². The highest BCUT2D eigenvalue weighted by atomic mass is 19.1. The van der Waals surface area contributed by atoms with E-state index in [1.54, 1.807) is 24.3 Å². The summed E-state index contributed by atoms with van der Waals surface area (Å²) in [4.78, 5) is 24.5. The molecule has 2 aliphatic carbocycles. The lowest BCUT2D eigenvalue weighted by atomic mass is 9.87. The molecule has 1 spiro atoms. The van der Waals surface area contributed by atoms with E-state index in [4.69, 9.17) is 4.74 Å². The quantitative estimate of drug-likeness (QED) is 0.353. The van der Waals surface area contributed by atoms with Crippen LogP contribution in [0.4, 0.5) is 4.39 Å². The second-order valence-electron chi connectivity index (χ2n) is 11.7. The van der Waals surface area contributed by atoms with Gasteiger partial charge in [-0.25, -0.2) is 9.18 Å². The zero-order valence-electron chi connectivity index (χ0n) is 22.4. The van der Waals surface area contributed by atoms with Crippen LogP contribution in [0, 0.1) is 17.7 Å². The third-order valence-corrected chi connectivity index (χ3v) is 9.19. The average Bonchev–Trinajstić information content (AvgIpc) is 3.66. The Balaban J connectivity index is 1.18. The minimum atomic E-state index is -1.02. The van der Waals surface area contributed by atoms with E-state index < -0.39 is 5.97 Å². The van der Waals surface area contributed by atoms with Crippen molar-refractivity contribution in [2.24, 2.45) is 11.8 Å². The van der Waals surface area contributed by atoms with Crippen molar-refractivity contribution in [3.05, 3.63) is 53.3 Å². The summed E-state index contributed by atoms with van der Waals surface area (Å²) in [6, 6.07) is 9.78. The summed E-state index contributed by atoms with van der Waals surface area (Å²) in [5.41, 5.74) is 2.27. The summed E-state index contributed by atoms with van der Waals surface area (Å²) in [5.74, 6) is 0.435. The molecule has 204 valence electrons. The summed E-state index contributed by atoms with van der Waals surface area (Å²) < 4.78 is 21.0. The molecular weight excluding hydrogens is 481 g/mol. The van der Waals surface area contributed by atoms with Crippen LogP contribution in [0.3, 0.4) is 0 Å². The van der Waals surface area contributed by atoms with Crippen LogP contribution in [0.15, 0.2) is 36.4 Å². The Kier molecular flexibility index (Phi) is 8.18. The van der Waals surface area contributed by atoms with Gasteiger partial charge in [0.2, 0.25) is 0 Å². The molecule has 0 unspecified atom stereocenters. The topological polar surface area (TPSA) is 75.6 Å². The molecule has 38 heavy (non-hydrogen) atoms. The molecule has 5 nitrogen and oxygen atoms in total. The zero-order valence-corrected chi connectivity index (χ0v) is 22.4. The van der Waals surface area contributed by atoms with Crippen LogP contribution >= 0.6 is 0 Å². The Morgan fingerprint density at radius 3 is 2.71 bits per heavy atom. The number of halogens is 1. The Morgan fingerprint density at radius 2 is 1.95 bits per heavy atom. The molecular formula is C32H40FNO4. The van der Waals surface area contributed by atoms with Crippen molar-refractivity contribution in [2.45, 2.75) is 95.6 Å². The highest BCUT2D eigenvalue weighted by Crippen LogP contribution is 2.41. The molecule has 2 aromatic rings. The van der Waals surface area contributed by atoms with Crippen molar-refractivity contribution in [1.29, 1.82) is 0 Å². The van der Waals surface area contributed by atoms with Crippen molar-refractivity contribution in [3.63, 3.8) is 0 Å². The maximum atomic E-state index is 14.5. The molecule has 2 N–H and O–H groups in total. The molecule has 1 saturated heterocycles. The van der Waals surface area contributed by atoms with E-state index in [0.717, 1.165) is 45.1 Å². The van der Waals surface area contributed by atoms with E-state index >= 15 is 0 Å². The molecule has 3 atom stereocenters. The van der Waals surface area contributed by atoms with Crippen LogP contribution in [0.1, 0.15) is 93.5 Å². The molecule has 1 heterocycles. The smallest absolute Gasteiger partial charge is 0.335 e. The van der Waals surface area contributed by atoms with Crippen LogP contribution in [0.5, 0.6) is 5.75 Å². The highest BCUT2D eigenvalue weighted by molar-refractivity contribution is 5.91. The Bertz CT molecular complexity index is 1170. The van der Waals surface area contributed by atoms with Crippen LogP contribution in [0.2, 0.25) is 0 Å². The molecule has 3 fully saturated rings. The fourth-order valence-corrected chi connectivity index (χ4v) is 7.11. The van der Waals surface area contributed by atoms with Gasteiger partial charge in [-0.15, -0.1) is 0 Å². The Hall–Kier alpha value is -2.73. The lowest BCUT2D eigenvalue weighted by Gasteiger charge is -2.22. The number of aromatic carboxylic acids is 1. The largest absolute Gasteiger partial charge is 0.490 e. The first-order valence-corrected chi connectivity index (χ1v) is 14.5. The van der Waals surface area contributed by atoms with Gasteiger partial charge in [-0.2, -0.15) is 0 Å². The molecule has 1 aliphatic heterocycles. The van der Waals surface area contributed by atoms with Crippen LogP contribution < -0.4 is 10.1 Å². The number of carboxylic acids is 1. The molecule has 0 radical (unpaired) electrons. The predicted molar refractivity (Wildman–Crippen MR) is 146 cm³/mol. The summed E-state index contributed by atoms with van der Waals surface area (Å²) in [7, 11) is 0. The second-order valence-corrected chi connectivity index (χ2v) is 11.7. The predicted octanol–water partition coefficient (Wildman–Crippen LogP) is 6.96. The monoisotopic (exact) mass is 521 g/mol. The third kappa shape index (κ3) is 5.80. The number of carbonyl (C=O) groups is 2. The fraction of sp³-hybridized carbons (Fsp3) is 0.562. The first-order chi connectivity index (χ1) is 18.4.